The van der Waals surface area contributed by atoms with E-state index in [1.54, 1.807) is 0 Å². The smallest absolute Gasteiger partial charge is 0.251 e. The standard InChI is InChI=1S/C13H19NO2/c1-9(2)11-5-4-10(3)12(8-11)13(16)14-6-7-15/h4-5,8-9,15H,6-7H2,1-3H3,(H,14,16). The summed E-state index contributed by atoms with van der Waals surface area (Å²) in [6.45, 7) is 6.37. The highest BCUT2D eigenvalue weighted by molar-refractivity contribution is 5.95. The number of carbonyl (C=O) groups excluding carboxylic acids is 1. The van der Waals surface area contributed by atoms with Gasteiger partial charge < -0.3 is 10.4 Å². The van der Waals surface area contributed by atoms with Crippen LogP contribution in [0, 0.1) is 6.92 Å². The Kier molecular flexibility index (Phi) is 4.50. The van der Waals surface area contributed by atoms with Crippen LogP contribution in [0.5, 0.6) is 0 Å². The average Bonchev–Trinajstić information content (AvgIpc) is 2.26. The third kappa shape index (κ3) is 3.07. The molecule has 0 aromatic heterocycles. The number of nitrogens with one attached hydrogen (secondary N) is 1. The lowest BCUT2D eigenvalue weighted by Crippen LogP contribution is -2.27. The molecule has 2 N–H and O–H groups in total. The van der Waals surface area contributed by atoms with E-state index in [9.17, 15) is 4.79 Å². The van der Waals surface area contributed by atoms with Crippen molar-refractivity contribution in [2.24, 2.45) is 0 Å². The van der Waals surface area contributed by atoms with Crippen molar-refractivity contribution in [3.8, 4) is 0 Å². The molecule has 16 heavy (non-hydrogen) atoms. The van der Waals surface area contributed by atoms with Crippen molar-refractivity contribution in [1.29, 1.82) is 0 Å². The number of rotatable bonds is 4. The highest BCUT2D eigenvalue weighted by atomic mass is 16.3. The summed E-state index contributed by atoms with van der Waals surface area (Å²) in [5.41, 5.74) is 2.80. The first-order valence-electron chi connectivity index (χ1n) is 5.56. The Morgan fingerprint density at radius 1 is 1.44 bits per heavy atom. The largest absolute Gasteiger partial charge is 0.395 e. The Balaban J connectivity index is 2.93. The van der Waals surface area contributed by atoms with Gasteiger partial charge in [0.1, 0.15) is 0 Å². The van der Waals surface area contributed by atoms with E-state index in [0.29, 0.717) is 18.0 Å². The summed E-state index contributed by atoms with van der Waals surface area (Å²) in [4.78, 5) is 11.8. The normalized spacial score (nSPS) is 10.6. The monoisotopic (exact) mass is 221 g/mol. The van der Waals surface area contributed by atoms with E-state index in [-0.39, 0.29) is 12.5 Å². The van der Waals surface area contributed by atoms with E-state index < -0.39 is 0 Å². The first-order valence-corrected chi connectivity index (χ1v) is 5.56. The predicted octanol–water partition coefficient (Wildman–Crippen LogP) is 1.84. The maximum Gasteiger partial charge on any atom is 0.251 e. The number of hydrogen-bond acceptors (Lipinski definition) is 2. The molecule has 0 fully saturated rings. The molecule has 0 saturated heterocycles. The molecule has 0 aliphatic heterocycles. The van der Waals surface area contributed by atoms with E-state index in [4.69, 9.17) is 5.11 Å². The molecule has 0 radical (unpaired) electrons. The van der Waals surface area contributed by atoms with Gasteiger partial charge >= 0.3 is 0 Å². The van der Waals surface area contributed by atoms with Gasteiger partial charge in [-0.15, -0.1) is 0 Å². The van der Waals surface area contributed by atoms with Crippen molar-refractivity contribution in [2.45, 2.75) is 26.7 Å². The minimum absolute atomic E-state index is 0.0331. The van der Waals surface area contributed by atoms with E-state index in [1.165, 1.54) is 0 Å². The predicted molar refractivity (Wildman–Crippen MR) is 64.7 cm³/mol. The molecular weight excluding hydrogens is 202 g/mol. The molecule has 3 nitrogen and oxygen atoms in total. The highest BCUT2D eigenvalue weighted by Gasteiger charge is 2.10. The molecule has 0 atom stereocenters. The third-order valence-corrected chi connectivity index (χ3v) is 2.57. The molecule has 1 rings (SSSR count). The number of amides is 1. The molecule has 3 heteroatoms. The molecule has 0 spiro atoms. The lowest BCUT2D eigenvalue weighted by atomic mass is 9.97. The molecule has 0 aliphatic rings. The molecular formula is C13H19NO2. The van der Waals surface area contributed by atoms with Crippen LogP contribution in [0.4, 0.5) is 0 Å². The van der Waals surface area contributed by atoms with Gasteiger partial charge in [-0.25, -0.2) is 0 Å². The molecule has 0 unspecified atom stereocenters. The zero-order chi connectivity index (χ0) is 12.1. The second-order valence-corrected chi connectivity index (χ2v) is 4.21. The number of benzene rings is 1. The van der Waals surface area contributed by atoms with Gasteiger partial charge in [0.15, 0.2) is 0 Å². The van der Waals surface area contributed by atoms with Crippen LogP contribution >= 0.6 is 0 Å². The number of carbonyl (C=O) groups is 1. The third-order valence-electron chi connectivity index (χ3n) is 2.57. The number of hydrogen-bond donors (Lipinski definition) is 2. The minimum Gasteiger partial charge on any atom is -0.395 e. The van der Waals surface area contributed by atoms with Crippen LogP contribution in [-0.4, -0.2) is 24.2 Å². The summed E-state index contributed by atoms with van der Waals surface area (Å²) in [7, 11) is 0. The minimum atomic E-state index is -0.117. The fraction of sp³-hybridized carbons (Fsp3) is 0.462. The maximum atomic E-state index is 11.8. The highest BCUT2D eigenvalue weighted by Crippen LogP contribution is 2.18. The van der Waals surface area contributed by atoms with Crippen LogP contribution in [0.3, 0.4) is 0 Å². The van der Waals surface area contributed by atoms with Crippen LogP contribution in [0.15, 0.2) is 18.2 Å². The van der Waals surface area contributed by atoms with Crippen LogP contribution in [-0.2, 0) is 0 Å². The summed E-state index contributed by atoms with van der Waals surface area (Å²) in [5, 5.41) is 11.3. The van der Waals surface area contributed by atoms with E-state index >= 15 is 0 Å². The molecule has 0 saturated carbocycles. The van der Waals surface area contributed by atoms with Gasteiger partial charge in [0, 0.05) is 12.1 Å². The molecule has 88 valence electrons. The van der Waals surface area contributed by atoms with Crippen molar-refractivity contribution < 1.29 is 9.90 Å². The maximum absolute atomic E-state index is 11.8. The van der Waals surface area contributed by atoms with Gasteiger partial charge in [0.05, 0.1) is 6.61 Å². The lowest BCUT2D eigenvalue weighted by molar-refractivity contribution is 0.0944. The Morgan fingerprint density at radius 3 is 2.69 bits per heavy atom. The topological polar surface area (TPSA) is 49.3 Å². The summed E-state index contributed by atoms with van der Waals surface area (Å²) in [6, 6.07) is 5.93. The molecule has 1 amide bonds. The van der Waals surface area contributed by atoms with Gasteiger partial charge in [0.25, 0.3) is 5.91 Å². The number of aryl methyl sites for hydroxylation is 1. The Morgan fingerprint density at radius 2 is 2.12 bits per heavy atom. The first kappa shape index (κ1) is 12.7. The van der Waals surface area contributed by atoms with Gasteiger partial charge in [-0.2, -0.15) is 0 Å². The fourth-order valence-corrected chi connectivity index (χ4v) is 1.51. The number of aliphatic hydroxyl groups excluding tert-OH is 1. The van der Waals surface area contributed by atoms with Crippen molar-refractivity contribution >= 4 is 5.91 Å². The second-order valence-electron chi connectivity index (χ2n) is 4.21. The lowest BCUT2D eigenvalue weighted by Gasteiger charge is -2.11. The zero-order valence-electron chi connectivity index (χ0n) is 10.1. The van der Waals surface area contributed by atoms with E-state index in [1.807, 2.05) is 25.1 Å². The van der Waals surface area contributed by atoms with Gasteiger partial charge in [-0.05, 0) is 30.0 Å². The molecule has 1 aromatic rings. The van der Waals surface area contributed by atoms with Crippen molar-refractivity contribution in [3.63, 3.8) is 0 Å². The Labute approximate surface area is 96.5 Å². The van der Waals surface area contributed by atoms with Crippen molar-refractivity contribution in [3.05, 3.63) is 34.9 Å². The fourth-order valence-electron chi connectivity index (χ4n) is 1.51. The number of aliphatic hydroxyl groups is 1. The molecule has 1 aromatic carbocycles. The average molecular weight is 221 g/mol. The van der Waals surface area contributed by atoms with E-state index in [0.717, 1.165) is 11.1 Å². The second kappa shape index (κ2) is 5.66. The van der Waals surface area contributed by atoms with Gasteiger partial charge in [0.2, 0.25) is 0 Å². The summed E-state index contributed by atoms with van der Waals surface area (Å²) >= 11 is 0. The summed E-state index contributed by atoms with van der Waals surface area (Å²) in [6.07, 6.45) is 0. The SMILES string of the molecule is Cc1ccc(C(C)C)cc1C(=O)NCCO. The van der Waals surface area contributed by atoms with Crippen LogP contribution < -0.4 is 5.32 Å². The van der Waals surface area contributed by atoms with E-state index in [2.05, 4.69) is 19.2 Å². The Hall–Kier alpha value is -1.35. The zero-order valence-corrected chi connectivity index (χ0v) is 10.1. The summed E-state index contributed by atoms with van der Waals surface area (Å²) < 4.78 is 0. The van der Waals surface area contributed by atoms with Crippen LogP contribution in [0.2, 0.25) is 0 Å². The van der Waals surface area contributed by atoms with Gasteiger partial charge in [-0.1, -0.05) is 26.0 Å². The van der Waals surface area contributed by atoms with Crippen LogP contribution in [0.25, 0.3) is 0 Å². The molecule has 0 aliphatic carbocycles. The molecule has 0 bridgehead atoms. The van der Waals surface area contributed by atoms with Crippen LogP contribution in [0.1, 0.15) is 41.3 Å². The Bertz CT molecular complexity index is 372. The van der Waals surface area contributed by atoms with Crippen molar-refractivity contribution in [1.82, 2.24) is 5.32 Å². The van der Waals surface area contributed by atoms with Crippen molar-refractivity contribution in [2.75, 3.05) is 13.2 Å². The summed E-state index contributed by atoms with van der Waals surface area (Å²) in [5.74, 6) is 0.291. The molecule has 0 heterocycles. The first-order chi connectivity index (χ1) is 7.56. The van der Waals surface area contributed by atoms with Gasteiger partial charge in [-0.3, -0.25) is 4.79 Å². The quantitative estimate of drug-likeness (QED) is 0.815.